The number of carbonyl (C=O) groups excluding carboxylic acids is 2. The molecule has 2 aliphatic rings. The normalized spacial score (nSPS) is 23.0. The van der Waals surface area contributed by atoms with Crippen molar-refractivity contribution in [1.29, 1.82) is 0 Å². The van der Waals surface area contributed by atoms with E-state index in [1.807, 2.05) is 17.9 Å². The van der Waals surface area contributed by atoms with Crippen molar-refractivity contribution >= 4 is 29.1 Å². The molecule has 0 unspecified atom stereocenters. The summed E-state index contributed by atoms with van der Waals surface area (Å²) in [5.74, 6) is 0.880. The lowest BCUT2D eigenvalue weighted by atomic mass is 9.80. The van der Waals surface area contributed by atoms with Crippen LogP contribution >= 0.6 is 11.6 Å². The number of hydrogen-bond donors (Lipinski definition) is 1. The lowest BCUT2D eigenvalue weighted by Crippen LogP contribution is -2.41. The fraction of sp³-hybridized carbons (Fsp3) is 0.619. The molecule has 1 aliphatic heterocycles. The molecule has 148 valence electrons. The maximum atomic E-state index is 12.7. The van der Waals surface area contributed by atoms with E-state index in [1.165, 1.54) is 6.42 Å². The Kier molecular flexibility index (Phi) is 6.64. The van der Waals surface area contributed by atoms with Crippen LogP contribution in [-0.2, 0) is 9.59 Å². The van der Waals surface area contributed by atoms with Crippen molar-refractivity contribution < 1.29 is 14.3 Å². The van der Waals surface area contributed by atoms with Gasteiger partial charge < -0.3 is 15.0 Å². The Bertz CT molecular complexity index is 693. The molecule has 0 aromatic heterocycles. The zero-order valence-corrected chi connectivity index (χ0v) is 17.0. The third-order valence-electron chi connectivity index (χ3n) is 5.85. The van der Waals surface area contributed by atoms with Crippen LogP contribution in [0.5, 0.6) is 5.75 Å². The average Bonchev–Trinajstić information content (AvgIpc) is 2.70. The SMILES string of the molecule is COc1cc(Cl)c(C)cc1NC(=O)C1CCC(C(=O)N2CCCCC2)CC1. The van der Waals surface area contributed by atoms with Gasteiger partial charge in [0.2, 0.25) is 11.8 Å². The Morgan fingerprint density at radius 3 is 2.33 bits per heavy atom. The number of rotatable bonds is 4. The van der Waals surface area contributed by atoms with Crippen LogP contribution in [0.15, 0.2) is 12.1 Å². The number of benzene rings is 1. The first-order valence-electron chi connectivity index (χ1n) is 9.93. The smallest absolute Gasteiger partial charge is 0.227 e. The number of likely N-dealkylation sites (tertiary alicyclic amines) is 1. The molecule has 3 rings (SSSR count). The van der Waals surface area contributed by atoms with Crippen molar-refractivity contribution in [2.75, 3.05) is 25.5 Å². The highest BCUT2D eigenvalue weighted by Gasteiger charge is 2.32. The Morgan fingerprint density at radius 1 is 1.07 bits per heavy atom. The highest BCUT2D eigenvalue weighted by molar-refractivity contribution is 6.31. The topological polar surface area (TPSA) is 58.6 Å². The molecule has 1 aromatic rings. The van der Waals surface area contributed by atoms with Gasteiger partial charge in [-0.15, -0.1) is 0 Å². The first-order chi connectivity index (χ1) is 13.0. The summed E-state index contributed by atoms with van der Waals surface area (Å²) in [6.45, 7) is 3.69. The minimum absolute atomic E-state index is 0.00102. The van der Waals surface area contributed by atoms with Gasteiger partial charge in [-0.3, -0.25) is 9.59 Å². The highest BCUT2D eigenvalue weighted by Crippen LogP contribution is 2.34. The molecule has 0 atom stereocenters. The van der Waals surface area contributed by atoms with E-state index in [2.05, 4.69) is 5.32 Å². The van der Waals surface area contributed by atoms with Crippen molar-refractivity contribution in [1.82, 2.24) is 4.90 Å². The van der Waals surface area contributed by atoms with Gasteiger partial charge in [-0.2, -0.15) is 0 Å². The largest absolute Gasteiger partial charge is 0.495 e. The summed E-state index contributed by atoms with van der Waals surface area (Å²) in [6, 6.07) is 3.56. The molecule has 2 amide bonds. The van der Waals surface area contributed by atoms with Gasteiger partial charge >= 0.3 is 0 Å². The summed E-state index contributed by atoms with van der Waals surface area (Å²) in [5, 5.41) is 3.60. The van der Waals surface area contributed by atoms with Gasteiger partial charge in [0.15, 0.2) is 0 Å². The lowest BCUT2D eigenvalue weighted by molar-refractivity contribution is -0.138. The van der Waals surface area contributed by atoms with E-state index >= 15 is 0 Å². The van der Waals surface area contributed by atoms with Crippen LogP contribution < -0.4 is 10.1 Å². The molecular weight excluding hydrogens is 364 g/mol. The monoisotopic (exact) mass is 392 g/mol. The second-order valence-corrected chi connectivity index (χ2v) is 8.13. The van der Waals surface area contributed by atoms with Crippen LogP contribution in [-0.4, -0.2) is 36.9 Å². The van der Waals surface area contributed by atoms with Crippen molar-refractivity contribution in [2.24, 2.45) is 11.8 Å². The highest BCUT2D eigenvalue weighted by atomic mass is 35.5. The number of piperidine rings is 1. The molecule has 1 saturated heterocycles. The average molecular weight is 393 g/mol. The fourth-order valence-electron chi connectivity index (χ4n) is 4.14. The van der Waals surface area contributed by atoms with Gasteiger partial charge in [0.05, 0.1) is 12.8 Å². The number of nitrogens with zero attached hydrogens (tertiary/aromatic N) is 1. The van der Waals surface area contributed by atoms with Crippen LogP contribution in [0.2, 0.25) is 5.02 Å². The molecule has 1 aromatic carbocycles. The first kappa shape index (κ1) is 20.0. The first-order valence-corrected chi connectivity index (χ1v) is 10.3. The van der Waals surface area contributed by atoms with E-state index in [0.29, 0.717) is 22.4 Å². The lowest BCUT2D eigenvalue weighted by Gasteiger charge is -2.33. The van der Waals surface area contributed by atoms with Crippen LogP contribution in [0.1, 0.15) is 50.5 Å². The number of nitrogens with one attached hydrogen (secondary N) is 1. The third kappa shape index (κ3) is 4.75. The van der Waals surface area contributed by atoms with E-state index in [9.17, 15) is 9.59 Å². The van der Waals surface area contributed by atoms with E-state index in [1.54, 1.807) is 13.2 Å². The minimum atomic E-state index is -0.0592. The zero-order chi connectivity index (χ0) is 19.4. The summed E-state index contributed by atoms with van der Waals surface area (Å²) < 4.78 is 5.34. The van der Waals surface area contributed by atoms with Crippen LogP contribution in [0.25, 0.3) is 0 Å². The Morgan fingerprint density at radius 2 is 1.70 bits per heavy atom. The molecule has 1 aliphatic carbocycles. The summed E-state index contributed by atoms with van der Waals surface area (Å²) in [6.07, 6.45) is 6.56. The second kappa shape index (κ2) is 8.96. The van der Waals surface area contributed by atoms with Crippen LogP contribution in [0.3, 0.4) is 0 Å². The molecule has 2 fully saturated rings. The molecule has 1 saturated carbocycles. The van der Waals surface area contributed by atoms with Crippen molar-refractivity contribution in [3.8, 4) is 5.75 Å². The van der Waals surface area contributed by atoms with E-state index in [4.69, 9.17) is 16.3 Å². The summed E-state index contributed by atoms with van der Waals surface area (Å²) in [4.78, 5) is 27.4. The number of aryl methyl sites for hydroxylation is 1. The van der Waals surface area contributed by atoms with Gasteiger partial charge in [0.1, 0.15) is 5.75 Å². The Hall–Kier alpha value is -1.75. The summed E-state index contributed by atoms with van der Waals surface area (Å²) in [7, 11) is 1.56. The van der Waals surface area contributed by atoms with Crippen molar-refractivity contribution in [2.45, 2.75) is 51.9 Å². The Balaban J connectivity index is 1.56. The number of ether oxygens (including phenoxy) is 1. The molecule has 5 nitrogen and oxygen atoms in total. The van der Waals surface area contributed by atoms with E-state index < -0.39 is 0 Å². The predicted molar refractivity (Wildman–Crippen MR) is 107 cm³/mol. The van der Waals surface area contributed by atoms with E-state index in [-0.39, 0.29) is 17.7 Å². The second-order valence-electron chi connectivity index (χ2n) is 7.73. The number of carbonyl (C=O) groups is 2. The molecule has 6 heteroatoms. The maximum Gasteiger partial charge on any atom is 0.227 e. The van der Waals surface area contributed by atoms with Gasteiger partial charge in [-0.05, 0) is 63.5 Å². The van der Waals surface area contributed by atoms with Crippen molar-refractivity contribution in [3.63, 3.8) is 0 Å². The summed E-state index contributed by atoms with van der Waals surface area (Å²) in [5.41, 5.74) is 1.54. The van der Waals surface area contributed by atoms with Gasteiger partial charge in [-0.25, -0.2) is 0 Å². The number of amides is 2. The number of anilines is 1. The van der Waals surface area contributed by atoms with Gasteiger partial charge in [0.25, 0.3) is 0 Å². The molecule has 27 heavy (non-hydrogen) atoms. The Labute approximate surface area is 166 Å². The van der Waals surface area contributed by atoms with Gasteiger partial charge in [0, 0.05) is 36.0 Å². The van der Waals surface area contributed by atoms with Crippen LogP contribution in [0, 0.1) is 18.8 Å². The third-order valence-corrected chi connectivity index (χ3v) is 6.26. The van der Waals surface area contributed by atoms with Gasteiger partial charge in [-0.1, -0.05) is 11.6 Å². The molecule has 0 spiro atoms. The molecular formula is C21H29ClN2O3. The molecule has 1 heterocycles. The number of hydrogen-bond acceptors (Lipinski definition) is 3. The standard InChI is InChI=1S/C21H29ClN2O3/c1-14-12-18(19(27-2)13-17(14)22)23-20(25)15-6-8-16(9-7-15)21(26)24-10-4-3-5-11-24/h12-13,15-16H,3-11H2,1-2H3,(H,23,25). The maximum absolute atomic E-state index is 12.7. The minimum Gasteiger partial charge on any atom is -0.495 e. The zero-order valence-electron chi connectivity index (χ0n) is 16.2. The molecule has 0 bridgehead atoms. The quantitative estimate of drug-likeness (QED) is 0.825. The number of halogens is 1. The summed E-state index contributed by atoms with van der Waals surface area (Å²) >= 11 is 6.13. The molecule has 1 N–H and O–H groups in total. The fourth-order valence-corrected chi connectivity index (χ4v) is 4.29. The number of methoxy groups -OCH3 is 1. The molecule has 0 radical (unpaired) electrons. The van der Waals surface area contributed by atoms with Crippen molar-refractivity contribution in [3.05, 3.63) is 22.7 Å². The van der Waals surface area contributed by atoms with E-state index in [0.717, 1.165) is 57.2 Å². The van der Waals surface area contributed by atoms with Crippen LogP contribution in [0.4, 0.5) is 5.69 Å². The predicted octanol–water partition coefficient (Wildman–Crippen LogP) is 4.41.